The molecule has 1 aromatic rings. The summed E-state index contributed by atoms with van der Waals surface area (Å²) >= 11 is 0. The number of carbonyl (C=O) groups excluding carboxylic acids is 1. The molecule has 3 heteroatoms. The molecule has 0 saturated heterocycles. The molecule has 0 fully saturated rings. The molecular weight excluding hydrogens is 252 g/mol. The highest BCUT2D eigenvalue weighted by molar-refractivity contribution is 5.69. The number of hydrogen-bond donors (Lipinski definition) is 0. The Morgan fingerprint density at radius 2 is 1.70 bits per heavy atom. The van der Waals surface area contributed by atoms with E-state index in [0.29, 0.717) is 13.0 Å². The fraction of sp³-hybridized carbons (Fsp3) is 0.588. The lowest BCUT2D eigenvalue weighted by Gasteiger charge is -2.05. The van der Waals surface area contributed by atoms with E-state index in [-0.39, 0.29) is 5.97 Å². The van der Waals surface area contributed by atoms with Crippen molar-refractivity contribution in [3.63, 3.8) is 0 Å². The lowest BCUT2D eigenvalue weighted by atomic mass is 10.2. The Hall–Kier alpha value is -1.35. The van der Waals surface area contributed by atoms with Crippen molar-refractivity contribution in [2.75, 3.05) is 13.2 Å². The smallest absolute Gasteiger partial charge is 0.306 e. The Morgan fingerprint density at radius 1 is 1.00 bits per heavy atom. The van der Waals surface area contributed by atoms with Crippen LogP contribution in [0.15, 0.2) is 30.3 Å². The van der Waals surface area contributed by atoms with Gasteiger partial charge in [-0.25, -0.2) is 0 Å². The predicted octanol–water partition coefficient (Wildman–Crippen LogP) is 4.11. The molecule has 3 nitrogen and oxygen atoms in total. The molecule has 112 valence electrons. The molecular formula is C17H26O3. The molecule has 1 aromatic carbocycles. The standard InChI is InChI=1S/C17H26O3/c1-2-3-8-13-19-14-9-7-12-17(18)20-15-16-10-5-4-6-11-16/h4-6,10-11H,2-3,7-9,12-15H2,1H3. The van der Waals surface area contributed by atoms with Gasteiger partial charge in [-0.1, -0.05) is 50.1 Å². The van der Waals surface area contributed by atoms with Crippen molar-refractivity contribution in [2.45, 2.75) is 52.1 Å². The van der Waals surface area contributed by atoms with Crippen LogP contribution in [0.4, 0.5) is 0 Å². The van der Waals surface area contributed by atoms with Crippen molar-refractivity contribution in [3.05, 3.63) is 35.9 Å². The average molecular weight is 278 g/mol. The summed E-state index contributed by atoms with van der Waals surface area (Å²) in [7, 11) is 0. The van der Waals surface area contributed by atoms with E-state index in [1.807, 2.05) is 30.3 Å². The number of ether oxygens (including phenoxy) is 2. The predicted molar refractivity (Wildman–Crippen MR) is 80.4 cm³/mol. The summed E-state index contributed by atoms with van der Waals surface area (Å²) in [6.45, 7) is 4.14. The normalized spacial score (nSPS) is 10.4. The van der Waals surface area contributed by atoms with E-state index < -0.39 is 0 Å². The van der Waals surface area contributed by atoms with Crippen LogP contribution in [-0.4, -0.2) is 19.2 Å². The second-order valence-electron chi connectivity index (χ2n) is 4.92. The Kier molecular flexibility index (Phi) is 9.58. The first-order valence-electron chi connectivity index (χ1n) is 7.60. The molecule has 0 bridgehead atoms. The largest absolute Gasteiger partial charge is 0.461 e. The molecule has 1 rings (SSSR count). The summed E-state index contributed by atoms with van der Waals surface area (Å²) in [4.78, 5) is 11.5. The van der Waals surface area contributed by atoms with Gasteiger partial charge in [-0.15, -0.1) is 0 Å². The van der Waals surface area contributed by atoms with Crippen molar-refractivity contribution < 1.29 is 14.3 Å². The number of esters is 1. The van der Waals surface area contributed by atoms with E-state index in [1.165, 1.54) is 12.8 Å². The molecule has 0 heterocycles. The first-order valence-corrected chi connectivity index (χ1v) is 7.60. The molecule has 0 amide bonds. The third-order valence-corrected chi connectivity index (χ3v) is 3.05. The van der Waals surface area contributed by atoms with Crippen molar-refractivity contribution in [3.8, 4) is 0 Å². The van der Waals surface area contributed by atoms with Gasteiger partial charge in [-0.05, 0) is 24.8 Å². The number of hydrogen-bond acceptors (Lipinski definition) is 3. The van der Waals surface area contributed by atoms with Crippen LogP contribution in [0.3, 0.4) is 0 Å². The fourth-order valence-corrected chi connectivity index (χ4v) is 1.84. The number of unbranched alkanes of at least 4 members (excludes halogenated alkanes) is 3. The van der Waals surface area contributed by atoms with Gasteiger partial charge in [0, 0.05) is 19.6 Å². The molecule has 0 saturated carbocycles. The Balaban J connectivity index is 1.93. The summed E-state index contributed by atoms with van der Waals surface area (Å²) < 4.78 is 10.7. The molecule has 0 unspecified atom stereocenters. The molecule has 0 atom stereocenters. The first-order chi connectivity index (χ1) is 9.83. The summed E-state index contributed by atoms with van der Waals surface area (Å²) in [5, 5.41) is 0. The zero-order valence-electron chi connectivity index (χ0n) is 12.5. The third-order valence-electron chi connectivity index (χ3n) is 3.05. The highest BCUT2D eigenvalue weighted by atomic mass is 16.5. The van der Waals surface area contributed by atoms with Crippen LogP contribution in [0.2, 0.25) is 0 Å². The lowest BCUT2D eigenvalue weighted by molar-refractivity contribution is -0.145. The Morgan fingerprint density at radius 3 is 2.40 bits per heavy atom. The van der Waals surface area contributed by atoms with Crippen molar-refractivity contribution in [1.29, 1.82) is 0 Å². The van der Waals surface area contributed by atoms with E-state index in [0.717, 1.165) is 38.0 Å². The van der Waals surface area contributed by atoms with Gasteiger partial charge >= 0.3 is 5.97 Å². The molecule has 20 heavy (non-hydrogen) atoms. The summed E-state index contributed by atoms with van der Waals surface area (Å²) in [5.41, 5.74) is 1.03. The van der Waals surface area contributed by atoms with E-state index in [2.05, 4.69) is 6.92 Å². The number of rotatable bonds is 11. The quantitative estimate of drug-likeness (QED) is 0.451. The molecule has 0 N–H and O–H groups in total. The van der Waals surface area contributed by atoms with E-state index >= 15 is 0 Å². The SMILES string of the molecule is CCCCCOCCCCC(=O)OCc1ccccc1. The van der Waals surface area contributed by atoms with E-state index in [9.17, 15) is 4.79 Å². The van der Waals surface area contributed by atoms with Gasteiger partial charge in [0.1, 0.15) is 6.61 Å². The maximum absolute atomic E-state index is 11.5. The van der Waals surface area contributed by atoms with Gasteiger partial charge in [0.05, 0.1) is 0 Å². The van der Waals surface area contributed by atoms with Crippen LogP contribution < -0.4 is 0 Å². The summed E-state index contributed by atoms with van der Waals surface area (Å²) in [5.74, 6) is -0.125. The lowest BCUT2D eigenvalue weighted by Crippen LogP contribution is -2.05. The molecule has 0 aliphatic carbocycles. The fourth-order valence-electron chi connectivity index (χ4n) is 1.84. The van der Waals surface area contributed by atoms with E-state index in [1.54, 1.807) is 0 Å². The minimum Gasteiger partial charge on any atom is -0.461 e. The molecule has 0 aliphatic heterocycles. The zero-order valence-corrected chi connectivity index (χ0v) is 12.5. The second-order valence-corrected chi connectivity index (χ2v) is 4.92. The number of benzene rings is 1. The monoisotopic (exact) mass is 278 g/mol. The molecule has 0 aliphatic rings. The molecule has 0 spiro atoms. The number of carbonyl (C=O) groups is 1. The second kappa shape index (κ2) is 11.5. The van der Waals surface area contributed by atoms with Gasteiger partial charge in [0.2, 0.25) is 0 Å². The highest BCUT2D eigenvalue weighted by Crippen LogP contribution is 2.04. The minimum atomic E-state index is -0.125. The minimum absolute atomic E-state index is 0.125. The molecule has 0 radical (unpaired) electrons. The average Bonchev–Trinajstić information content (AvgIpc) is 2.49. The van der Waals surface area contributed by atoms with Crippen LogP contribution >= 0.6 is 0 Å². The van der Waals surface area contributed by atoms with Gasteiger partial charge in [-0.2, -0.15) is 0 Å². The van der Waals surface area contributed by atoms with E-state index in [4.69, 9.17) is 9.47 Å². The maximum atomic E-state index is 11.5. The van der Waals surface area contributed by atoms with Gasteiger partial charge in [0.15, 0.2) is 0 Å². The van der Waals surface area contributed by atoms with Gasteiger partial charge < -0.3 is 9.47 Å². The van der Waals surface area contributed by atoms with Gasteiger partial charge in [0.25, 0.3) is 0 Å². The molecule has 0 aromatic heterocycles. The van der Waals surface area contributed by atoms with Crippen LogP contribution in [0, 0.1) is 0 Å². The summed E-state index contributed by atoms with van der Waals surface area (Å²) in [6, 6.07) is 9.75. The Labute approximate surface area is 122 Å². The van der Waals surface area contributed by atoms with Crippen LogP contribution in [0.25, 0.3) is 0 Å². The maximum Gasteiger partial charge on any atom is 0.306 e. The summed E-state index contributed by atoms with van der Waals surface area (Å²) in [6.07, 6.45) is 5.82. The van der Waals surface area contributed by atoms with Crippen LogP contribution in [-0.2, 0) is 20.9 Å². The highest BCUT2D eigenvalue weighted by Gasteiger charge is 2.03. The third kappa shape index (κ3) is 8.70. The van der Waals surface area contributed by atoms with Crippen molar-refractivity contribution >= 4 is 5.97 Å². The van der Waals surface area contributed by atoms with Gasteiger partial charge in [-0.3, -0.25) is 4.79 Å². The topological polar surface area (TPSA) is 35.5 Å². The van der Waals surface area contributed by atoms with Crippen molar-refractivity contribution in [2.24, 2.45) is 0 Å². The Bertz CT molecular complexity index is 349. The van der Waals surface area contributed by atoms with Crippen LogP contribution in [0.5, 0.6) is 0 Å². The zero-order chi connectivity index (χ0) is 14.5. The first kappa shape index (κ1) is 16.7. The van der Waals surface area contributed by atoms with Crippen LogP contribution in [0.1, 0.15) is 51.0 Å². The van der Waals surface area contributed by atoms with Crippen molar-refractivity contribution in [1.82, 2.24) is 0 Å².